The van der Waals surface area contributed by atoms with E-state index in [2.05, 4.69) is 0 Å². The van der Waals surface area contributed by atoms with E-state index in [1.807, 2.05) is 0 Å². The van der Waals surface area contributed by atoms with Crippen LogP contribution < -0.4 is 11.5 Å². The average Bonchev–Trinajstić information content (AvgIpc) is 2.03. The van der Waals surface area contributed by atoms with Gasteiger partial charge in [-0.15, -0.1) is 0 Å². The van der Waals surface area contributed by atoms with E-state index in [4.69, 9.17) is 11.5 Å². The second kappa shape index (κ2) is 9.92. The molecule has 0 aliphatic heterocycles. The van der Waals surface area contributed by atoms with Gasteiger partial charge in [-0.3, -0.25) is 0 Å². The van der Waals surface area contributed by atoms with E-state index in [0.717, 1.165) is 13.1 Å². The van der Waals surface area contributed by atoms with Crippen LogP contribution in [0, 0.1) is 0 Å². The fourth-order valence-electron chi connectivity index (χ4n) is 1.17. The number of hydrogen-bond donors (Lipinski definition) is 2. The van der Waals surface area contributed by atoms with Crippen LogP contribution in [-0.4, -0.2) is 13.1 Å². The maximum atomic E-state index is 5.37. The van der Waals surface area contributed by atoms with Crippen molar-refractivity contribution in [2.75, 3.05) is 13.1 Å². The summed E-state index contributed by atoms with van der Waals surface area (Å²) in [5, 5.41) is 0. The van der Waals surface area contributed by atoms with E-state index in [9.17, 15) is 0 Å². The van der Waals surface area contributed by atoms with Crippen LogP contribution in [0.15, 0.2) is 0 Å². The van der Waals surface area contributed by atoms with Gasteiger partial charge < -0.3 is 11.5 Å². The molecule has 2 heteroatoms. The van der Waals surface area contributed by atoms with Crippen LogP contribution in [0.2, 0.25) is 0 Å². The van der Waals surface area contributed by atoms with Crippen molar-refractivity contribution in [3.8, 4) is 0 Å². The Morgan fingerprint density at radius 1 is 0.545 bits per heavy atom. The van der Waals surface area contributed by atoms with E-state index >= 15 is 0 Å². The Kier molecular flexibility index (Phi) is 9.85. The Bertz CT molecular complexity index is 64.6. The van der Waals surface area contributed by atoms with Crippen molar-refractivity contribution in [1.29, 1.82) is 0 Å². The summed E-state index contributed by atoms with van der Waals surface area (Å²) in [5.74, 6) is 0. The molecular weight excluding hydrogens is 136 g/mol. The Labute approximate surface area is 73.3 Å². The predicted octanol–water partition coefficient (Wildman–Crippen LogP) is 2.13. The lowest BCUT2D eigenvalue weighted by Gasteiger charge is -1.99. The van der Waals surface area contributed by atoms with E-state index < -0.39 is 0 Å². The minimum Gasteiger partial charge on any atom is -0.330 e. The first-order valence-electron chi connectivity index (χ1n) is 4.82. The van der Waals surface area contributed by atoms with Crippen molar-refractivity contribution in [2.45, 2.75) is 44.9 Å². The fraction of sp³-hybridized carbons (Fsp3) is 1.00. The molecule has 72 valence electrons. The van der Waals surface area contributed by atoms with Gasteiger partial charge in [0.15, 0.2) is 0 Å². The standard InChI is InChI=1S/C9H22N2.2H2/c10-8-6-4-2-1-3-5-7-9-11;;/h1-11H2;2*1H. The summed E-state index contributed by atoms with van der Waals surface area (Å²) in [6.07, 6.45) is 9.05. The quantitative estimate of drug-likeness (QED) is 0.537. The third kappa shape index (κ3) is 9.92. The van der Waals surface area contributed by atoms with Crippen molar-refractivity contribution in [3.05, 3.63) is 0 Å². The topological polar surface area (TPSA) is 52.0 Å². The zero-order valence-electron chi connectivity index (χ0n) is 7.52. The normalized spacial score (nSPS) is 10.4. The zero-order valence-corrected chi connectivity index (χ0v) is 7.52. The molecule has 0 bridgehead atoms. The third-order valence-corrected chi connectivity index (χ3v) is 1.91. The first kappa shape index (κ1) is 10.9. The van der Waals surface area contributed by atoms with Crippen LogP contribution in [0.4, 0.5) is 0 Å². The van der Waals surface area contributed by atoms with Gasteiger partial charge >= 0.3 is 0 Å². The van der Waals surface area contributed by atoms with Crippen LogP contribution in [0.25, 0.3) is 0 Å². The second-order valence-electron chi connectivity index (χ2n) is 3.05. The Hall–Kier alpha value is -0.0800. The lowest BCUT2D eigenvalue weighted by atomic mass is 10.1. The van der Waals surface area contributed by atoms with E-state index in [1.54, 1.807) is 0 Å². The lowest BCUT2D eigenvalue weighted by molar-refractivity contribution is 0.585. The van der Waals surface area contributed by atoms with Crippen molar-refractivity contribution in [1.82, 2.24) is 0 Å². The molecule has 2 nitrogen and oxygen atoms in total. The highest BCUT2D eigenvalue weighted by Crippen LogP contribution is 2.05. The molecule has 0 saturated carbocycles. The van der Waals surface area contributed by atoms with E-state index in [-0.39, 0.29) is 2.85 Å². The first-order valence-corrected chi connectivity index (χ1v) is 4.82. The number of unbranched alkanes of at least 4 members (excludes halogenated alkanes) is 6. The Morgan fingerprint density at radius 2 is 0.818 bits per heavy atom. The minimum atomic E-state index is 0. The smallest absolute Gasteiger partial charge is 0 e. The zero-order chi connectivity index (χ0) is 8.36. The van der Waals surface area contributed by atoms with Gasteiger partial charge in [-0.05, 0) is 25.9 Å². The van der Waals surface area contributed by atoms with Crippen LogP contribution in [0.5, 0.6) is 0 Å². The van der Waals surface area contributed by atoms with Gasteiger partial charge in [0.25, 0.3) is 0 Å². The van der Waals surface area contributed by atoms with Gasteiger partial charge in [-0.2, -0.15) is 0 Å². The molecule has 0 saturated heterocycles. The van der Waals surface area contributed by atoms with Gasteiger partial charge in [-0.25, -0.2) is 0 Å². The van der Waals surface area contributed by atoms with Gasteiger partial charge in [0.2, 0.25) is 0 Å². The predicted molar refractivity (Wildman–Crippen MR) is 54.7 cm³/mol. The molecule has 0 aromatic heterocycles. The van der Waals surface area contributed by atoms with Gasteiger partial charge in [0, 0.05) is 2.85 Å². The molecule has 4 N–H and O–H groups in total. The Morgan fingerprint density at radius 3 is 1.09 bits per heavy atom. The van der Waals surface area contributed by atoms with Crippen molar-refractivity contribution in [3.63, 3.8) is 0 Å². The molecule has 11 heavy (non-hydrogen) atoms. The maximum absolute atomic E-state index is 5.37. The highest BCUT2D eigenvalue weighted by Gasteiger charge is 1.89. The molecule has 0 aromatic carbocycles. The molecule has 0 unspecified atom stereocenters. The SMILES string of the molecule is NCCCCCCCCCN.[HH].[HH]. The summed E-state index contributed by atoms with van der Waals surface area (Å²) >= 11 is 0. The molecule has 0 fully saturated rings. The summed E-state index contributed by atoms with van der Waals surface area (Å²) in [6.45, 7) is 1.70. The number of hydrogen-bond acceptors (Lipinski definition) is 2. The van der Waals surface area contributed by atoms with Crippen LogP contribution in [-0.2, 0) is 0 Å². The summed E-state index contributed by atoms with van der Waals surface area (Å²) in [7, 11) is 0. The maximum Gasteiger partial charge on any atom is 0 e. The summed E-state index contributed by atoms with van der Waals surface area (Å²) in [6, 6.07) is 0. The first-order chi connectivity index (χ1) is 5.41. The largest absolute Gasteiger partial charge is 0.330 e. The van der Waals surface area contributed by atoms with Gasteiger partial charge in [-0.1, -0.05) is 32.1 Å². The highest BCUT2D eigenvalue weighted by molar-refractivity contribution is 4.46. The van der Waals surface area contributed by atoms with Crippen molar-refractivity contribution in [2.24, 2.45) is 11.5 Å². The molecule has 0 rings (SSSR count). The van der Waals surface area contributed by atoms with Crippen LogP contribution >= 0.6 is 0 Å². The van der Waals surface area contributed by atoms with E-state index in [0.29, 0.717) is 0 Å². The van der Waals surface area contributed by atoms with Crippen molar-refractivity contribution < 1.29 is 2.85 Å². The molecule has 0 radical (unpaired) electrons. The summed E-state index contributed by atoms with van der Waals surface area (Å²) < 4.78 is 0. The highest BCUT2D eigenvalue weighted by atomic mass is 14.5. The molecule has 0 atom stereocenters. The Balaban J connectivity index is -0.000000500. The molecule has 0 spiro atoms. The molecule has 0 aromatic rings. The average molecular weight is 162 g/mol. The summed E-state index contributed by atoms with van der Waals surface area (Å²) in [5.41, 5.74) is 10.7. The molecule has 0 aliphatic carbocycles. The summed E-state index contributed by atoms with van der Waals surface area (Å²) in [4.78, 5) is 0. The lowest BCUT2D eigenvalue weighted by Crippen LogP contribution is -1.98. The van der Waals surface area contributed by atoms with E-state index in [1.165, 1.54) is 44.9 Å². The van der Waals surface area contributed by atoms with Gasteiger partial charge in [0.1, 0.15) is 0 Å². The molecule has 0 aliphatic rings. The molecule has 0 amide bonds. The van der Waals surface area contributed by atoms with Crippen molar-refractivity contribution >= 4 is 0 Å². The second-order valence-corrected chi connectivity index (χ2v) is 3.05. The van der Waals surface area contributed by atoms with Gasteiger partial charge in [0.05, 0.1) is 0 Å². The third-order valence-electron chi connectivity index (χ3n) is 1.91. The number of nitrogens with two attached hydrogens (primary N) is 2. The number of rotatable bonds is 8. The molecule has 0 heterocycles. The minimum absolute atomic E-state index is 0. The fourth-order valence-corrected chi connectivity index (χ4v) is 1.17. The van der Waals surface area contributed by atoms with Crippen LogP contribution in [0.1, 0.15) is 47.8 Å². The van der Waals surface area contributed by atoms with Crippen LogP contribution in [0.3, 0.4) is 0 Å². The molecular formula is C9H26N2. The monoisotopic (exact) mass is 162 g/mol.